The van der Waals surface area contributed by atoms with Gasteiger partial charge in [-0.15, -0.1) is 0 Å². The topological polar surface area (TPSA) is 32.3 Å². The molecule has 2 fully saturated rings. The van der Waals surface area contributed by atoms with Gasteiger partial charge in [0.1, 0.15) is 6.17 Å². The third-order valence-corrected chi connectivity index (χ3v) is 4.33. The normalized spacial score (nSPS) is 29.7. The van der Waals surface area contributed by atoms with Crippen LogP contribution in [0.15, 0.2) is 30.3 Å². The summed E-state index contributed by atoms with van der Waals surface area (Å²) in [5.74, 6) is 0.888. The second-order valence-electron chi connectivity index (χ2n) is 6.13. The van der Waals surface area contributed by atoms with E-state index in [9.17, 15) is 4.79 Å². The number of benzene rings is 1. The van der Waals surface area contributed by atoms with Gasteiger partial charge in [-0.05, 0) is 23.3 Å². The van der Waals surface area contributed by atoms with E-state index >= 15 is 0 Å². The molecule has 0 bridgehead atoms. The molecule has 3 rings (SSSR count). The van der Waals surface area contributed by atoms with Crippen LogP contribution in [0.5, 0.6) is 0 Å². The van der Waals surface area contributed by atoms with E-state index in [4.69, 9.17) is 0 Å². The van der Waals surface area contributed by atoms with E-state index in [0.29, 0.717) is 17.9 Å². The number of amides is 1. The molecule has 1 heterocycles. The van der Waals surface area contributed by atoms with Crippen molar-refractivity contribution in [2.75, 3.05) is 13.1 Å². The standard InChI is InChI=1S/C15H20N2O/c1-15(2)8-12(15)10-17-13(18)9-16-14(17)11-6-4-3-5-7-11/h3-7,12,14,16H,8-10H2,1-2H3. The SMILES string of the molecule is CC1(C)CC1CN1C(=O)CNC1c1ccccc1. The zero-order chi connectivity index (χ0) is 12.8. The zero-order valence-electron chi connectivity index (χ0n) is 11.0. The molecule has 3 heteroatoms. The molecule has 18 heavy (non-hydrogen) atoms. The Hall–Kier alpha value is -1.35. The first kappa shape index (κ1) is 11.7. The number of rotatable bonds is 3. The van der Waals surface area contributed by atoms with Crippen LogP contribution >= 0.6 is 0 Å². The Labute approximate surface area is 108 Å². The van der Waals surface area contributed by atoms with Crippen LogP contribution in [-0.2, 0) is 4.79 Å². The van der Waals surface area contributed by atoms with Crippen LogP contribution in [0.1, 0.15) is 32.0 Å². The molecule has 2 atom stereocenters. The van der Waals surface area contributed by atoms with Crippen molar-refractivity contribution in [2.24, 2.45) is 11.3 Å². The third-order valence-electron chi connectivity index (χ3n) is 4.33. The summed E-state index contributed by atoms with van der Waals surface area (Å²) in [6, 6.07) is 10.2. The van der Waals surface area contributed by atoms with E-state index in [-0.39, 0.29) is 12.1 Å². The lowest BCUT2D eigenvalue weighted by atomic mass is 10.1. The first-order chi connectivity index (χ1) is 8.58. The molecule has 2 unspecified atom stereocenters. The fourth-order valence-electron chi connectivity index (χ4n) is 2.81. The van der Waals surface area contributed by atoms with E-state index in [2.05, 4.69) is 31.3 Å². The molecule has 0 radical (unpaired) electrons. The molecule has 1 amide bonds. The summed E-state index contributed by atoms with van der Waals surface area (Å²) < 4.78 is 0. The maximum absolute atomic E-state index is 12.0. The molecular formula is C15H20N2O. The minimum atomic E-state index is 0.0649. The minimum absolute atomic E-state index is 0.0649. The average Bonchev–Trinajstić information content (AvgIpc) is 2.78. The predicted molar refractivity (Wildman–Crippen MR) is 70.8 cm³/mol. The fraction of sp³-hybridized carbons (Fsp3) is 0.533. The van der Waals surface area contributed by atoms with Crippen molar-refractivity contribution in [1.82, 2.24) is 10.2 Å². The Balaban J connectivity index is 1.76. The molecule has 0 spiro atoms. The molecule has 1 aromatic rings. The van der Waals surface area contributed by atoms with Crippen molar-refractivity contribution in [3.8, 4) is 0 Å². The Kier molecular flexibility index (Phi) is 2.67. The molecule has 3 nitrogen and oxygen atoms in total. The van der Waals surface area contributed by atoms with Crippen molar-refractivity contribution < 1.29 is 4.79 Å². The summed E-state index contributed by atoms with van der Waals surface area (Å²) in [5, 5.41) is 3.31. The van der Waals surface area contributed by atoms with Crippen LogP contribution in [0.4, 0.5) is 0 Å². The van der Waals surface area contributed by atoms with Gasteiger partial charge in [0.2, 0.25) is 5.91 Å². The highest BCUT2D eigenvalue weighted by Gasteiger charge is 2.48. The van der Waals surface area contributed by atoms with E-state index in [1.165, 1.54) is 12.0 Å². The van der Waals surface area contributed by atoms with Crippen LogP contribution in [0.25, 0.3) is 0 Å². The van der Waals surface area contributed by atoms with Crippen LogP contribution < -0.4 is 5.32 Å². The van der Waals surface area contributed by atoms with Crippen molar-refractivity contribution in [3.63, 3.8) is 0 Å². The largest absolute Gasteiger partial charge is 0.322 e. The first-order valence-corrected chi connectivity index (χ1v) is 6.66. The summed E-state index contributed by atoms with van der Waals surface area (Å²) in [6.07, 6.45) is 1.30. The van der Waals surface area contributed by atoms with Gasteiger partial charge in [-0.1, -0.05) is 44.2 Å². The quantitative estimate of drug-likeness (QED) is 0.883. The minimum Gasteiger partial charge on any atom is -0.322 e. The number of carbonyl (C=O) groups excluding carboxylic acids is 1. The third kappa shape index (κ3) is 2.03. The Morgan fingerprint density at radius 3 is 2.61 bits per heavy atom. The van der Waals surface area contributed by atoms with Gasteiger partial charge in [-0.2, -0.15) is 0 Å². The van der Waals surface area contributed by atoms with Gasteiger partial charge in [0.25, 0.3) is 0 Å². The Morgan fingerprint density at radius 1 is 1.33 bits per heavy atom. The van der Waals surface area contributed by atoms with Crippen molar-refractivity contribution in [1.29, 1.82) is 0 Å². The molecule has 0 aromatic heterocycles. The molecule has 2 aliphatic rings. The summed E-state index contributed by atoms with van der Waals surface area (Å²) in [4.78, 5) is 14.0. The number of nitrogens with zero attached hydrogens (tertiary/aromatic N) is 1. The van der Waals surface area contributed by atoms with Crippen molar-refractivity contribution >= 4 is 5.91 Å². The lowest BCUT2D eigenvalue weighted by Crippen LogP contribution is -2.32. The van der Waals surface area contributed by atoms with Gasteiger partial charge in [0.05, 0.1) is 6.54 Å². The van der Waals surface area contributed by atoms with Crippen LogP contribution in [0.3, 0.4) is 0 Å². The lowest BCUT2D eigenvalue weighted by Gasteiger charge is -2.25. The average molecular weight is 244 g/mol. The van der Waals surface area contributed by atoms with Gasteiger partial charge in [0, 0.05) is 6.54 Å². The Bertz CT molecular complexity index is 455. The zero-order valence-corrected chi connectivity index (χ0v) is 11.0. The molecule has 1 aliphatic carbocycles. The van der Waals surface area contributed by atoms with Crippen LogP contribution in [0, 0.1) is 11.3 Å². The highest BCUT2D eigenvalue weighted by Crippen LogP contribution is 2.52. The highest BCUT2D eigenvalue weighted by molar-refractivity contribution is 5.81. The monoisotopic (exact) mass is 244 g/mol. The van der Waals surface area contributed by atoms with Crippen LogP contribution in [-0.4, -0.2) is 23.9 Å². The second kappa shape index (κ2) is 4.09. The second-order valence-corrected chi connectivity index (χ2v) is 6.13. The van der Waals surface area contributed by atoms with E-state index in [0.717, 1.165) is 6.54 Å². The maximum Gasteiger partial charge on any atom is 0.238 e. The molecular weight excluding hydrogens is 224 g/mol. The van der Waals surface area contributed by atoms with Gasteiger partial charge in [0.15, 0.2) is 0 Å². The first-order valence-electron chi connectivity index (χ1n) is 6.66. The summed E-state index contributed by atoms with van der Waals surface area (Å²) >= 11 is 0. The predicted octanol–water partition coefficient (Wildman–Crippen LogP) is 2.16. The highest BCUT2D eigenvalue weighted by atomic mass is 16.2. The lowest BCUT2D eigenvalue weighted by molar-refractivity contribution is -0.128. The smallest absolute Gasteiger partial charge is 0.238 e. The van der Waals surface area contributed by atoms with E-state index in [1.807, 2.05) is 23.1 Å². The molecule has 1 saturated heterocycles. The van der Waals surface area contributed by atoms with E-state index < -0.39 is 0 Å². The number of nitrogens with one attached hydrogen (secondary N) is 1. The fourth-order valence-corrected chi connectivity index (χ4v) is 2.81. The van der Waals surface area contributed by atoms with Gasteiger partial charge >= 0.3 is 0 Å². The molecule has 1 aliphatic heterocycles. The summed E-state index contributed by atoms with van der Waals surface area (Å²) in [7, 11) is 0. The van der Waals surface area contributed by atoms with Crippen LogP contribution in [0.2, 0.25) is 0 Å². The van der Waals surface area contributed by atoms with Crippen molar-refractivity contribution in [3.05, 3.63) is 35.9 Å². The number of carbonyl (C=O) groups is 1. The van der Waals surface area contributed by atoms with E-state index in [1.54, 1.807) is 0 Å². The van der Waals surface area contributed by atoms with Gasteiger partial charge < -0.3 is 4.90 Å². The molecule has 1 N–H and O–H groups in total. The van der Waals surface area contributed by atoms with Gasteiger partial charge in [-0.3, -0.25) is 10.1 Å². The molecule has 96 valence electrons. The summed E-state index contributed by atoms with van der Waals surface area (Å²) in [6.45, 7) is 5.91. The maximum atomic E-state index is 12.0. The summed E-state index contributed by atoms with van der Waals surface area (Å²) in [5.41, 5.74) is 1.60. The Morgan fingerprint density at radius 2 is 2.00 bits per heavy atom. The number of hydrogen-bond acceptors (Lipinski definition) is 2. The number of hydrogen-bond donors (Lipinski definition) is 1. The van der Waals surface area contributed by atoms with Crippen molar-refractivity contribution in [2.45, 2.75) is 26.4 Å². The van der Waals surface area contributed by atoms with Gasteiger partial charge in [-0.25, -0.2) is 0 Å². The molecule has 1 aromatic carbocycles. The molecule has 1 saturated carbocycles.